The SMILES string of the molecule is COC(=O)C[C@@H](C)n1cnnn1. The largest absolute Gasteiger partial charge is 0.469 e. The van der Waals surface area contributed by atoms with E-state index in [2.05, 4.69) is 20.3 Å². The molecule has 0 aliphatic rings. The molecule has 6 nitrogen and oxygen atoms in total. The summed E-state index contributed by atoms with van der Waals surface area (Å²) in [5.74, 6) is -0.266. The smallest absolute Gasteiger partial charge is 0.307 e. The minimum absolute atomic E-state index is 0.0625. The molecule has 0 saturated heterocycles. The predicted molar refractivity (Wildman–Crippen MR) is 39.2 cm³/mol. The molecule has 0 bridgehead atoms. The van der Waals surface area contributed by atoms with Crippen LogP contribution in [0.15, 0.2) is 6.33 Å². The molecule has 12 heavy (non-hydrogen) atoms. The van der Waals surface area contributed by atoms with E-state index in [-0.39, 0.29) is 18.4 Å². The fourth-order valence-electron chi connectivity index (χ4n) is 0.788. The summed E-state index contributed by atoms with van der Waals surface area (Å²) in [5.41, 5.74) is 0. The monoisotopic (exact) mass is 170 g/mol. The fourth-order valence-corrected chi connectivity index (χ4v) is 0.788. The number of tetrazole rings is 1. The number of methoxy groups -OCH3 is 1. The normalized spacial score (nSPS) is 12.5. The van der Waals surface area contributed by atoms with Gasteiger partial charge in [0.1, 0.15) is 6.33 Å². The van der Waals surface area contributed by atoms with Crippen LogP contribution in [0.2, 0.25) is 0 Å². The van der Waals surface area contributed by atoms with Crippen molar-refractivity contribution in [3.05, 3.63) is 6.33 Å². The van der Waals surface area contributed by atoms with Crippen LogP contribution < -0.4 is 0 Å². The molecule has 1 aromatic rings. The molecule has 0 N–H and O–H groups in total. The van der Waals surface area contributed by atoms with Gasteiger partial charge in [0.15, 0.2) is 0 Å². The van der Waals surface area contributed by atoms with Gasteiger partial charge in [-0.1, -0.05) is 0 Å². The summed E-state index contributed by atoms with van der Waals surface area (Å²) < 4.78 is 6.01. The molecule has 0 aliphatic carbocycles. The molecule has 0 amide bonds. The average molecular weight is 170 g/mol. The van der Waals surface area contributed by atoms with Crippen molar-refractivity contribution in [2.75, 3.05) is 7.11 Å². The van der Waals surface area contributed by atoms with Gasteiger partial charge in [-0.2, -0.15) is 0 Å². The van der Waals surface area contributed by atoms with E-state index in [1.807, 2.05) is 6.92 Å². The lowest BCUT2D eigenvalue weighted by molar-refractivity contribution is -0.141. The summed E-state index contributed by atoms with van der Waals surface area (Å²) in [4.78, 5) is 10.8. The first-order valence-electron chi connectivity index (χ1n) is 3.53. The summed E-state index contributed by atoms with van der Waals surface area (Å²) in [6.45, 7) is 1.84. The highest BCUT2D eigenvalue weighted by molar-refractivity contribution is 5.69. The number of carbonyl (C=O) groups excluding carboxylic acids is 1. The van der Waals surface area contributed by atoms with Crippen molar-refractivity contribution in [1.82, 2.24) is 20.2 Å². The molecular weight excluding hydrogens is 160 g/mol. The Morgan fingerprint density at radius 1 is 1.75 bits per heavy atom. The number of rotatable bonds is 3. The van der Waals surface area contributed by atoms with Crippen molar-refractivity contribution in [1.29, 1.82) is 0 Å². The lowest BCUT2D eigenvalue weighted by Gasteiger charge is -2.07. The van der Waals surface area contributed by atoms with Crippen LogP contribution in [-0.4, -0.2) is 33.3 Å². The van der Waals surface area contributed by atoms with E-state index >= 15 is 0 Å². The van der Waals surface area contributed by atoms with Gasteiger partial charge in [0.25, 0.3) is 0 Å². The number of carbonyl (C=O) groups is 1. The zero-order chi connectivity index (χ0) is 8.97. The van der Waals surface area contributed by atoms with E-state index in [0.717, 1.165) is 0 Å². The number of aromatic nitrogens is 4. The topological polar surface area (TPSA) is 69.9 Å². The highest BCUT2D eigenvalue weighted by atomic mass is 16.5. The fraction of sp³-hybridized carbons (Fsp3) is 0.667. The maximum absolute atomic E-state index is 10.8. The van der Waals surface area contributed by atoms with E-state index in [4.69, 9.17) is 0 Å². The van der Waals surface area contributed by atoms with E-state index in [1.54, 1.807) is 0 Å². The third-order valence-corrected chi connectivity index (χ3v) is 1.51. The second-order valence-corrected chi connectivity index (χ2v) is 2.42. The van der Waals surface area contributed by atoms with Crippen LogP contribution in [-0.2, 0) is 9.53 Å². The first-order valence-corrected chi connectivity index (χ1v) is 3.53. The van der Waals surface area contributed by atoms with Gasteiger partial charge in [-0.25, -0.2) is 4.68 Å². The second-order valence-electron chi connectivity index (χ2n) is 2.42. The number of hydrogen-bond donors (Lipinski definition) is 0. The molecule has 0 radical (unpaired) electrons. The number of hydrogen-bond acceptors (Lipinski definition) is 5. The molecule has 1 atom stereocenters. The molecule has 0 fully saturated rings. The minimum atomic E-state index is -0.266. The Morgan fingerprint density at radius 2 is 2.50 bits per heavy atom. The van der Waals surface area contributed by atoms with E-state index < -0.39 is 0 Å². The molecule has 1 rings (SSSR count). The Bertz CT molecular complexity index is 246. The van der Waals surface area contributed by atoms with Gasteiger partial charge in [-0.3, -0.25) is 4.79 Å². The Balaban J connectivity index is 2.49. The lowest BCUT2D eigenvalue weighted by atomic mass is 10.2. The zero-order valence-corrected chi connectivity index (χ0v) is 6.97. The second kappa shape index (κ2) is 3.80. The summed E-state index contributed by atoms with van der Waals surface area (Å²) in [6, 6.07) is -0.0625. The minimum Gasteiger partial charge on any atom is -0.469 e. The van der Waals surface area contributed by atoms with Gasteiger partial charge in [0.2, 0.25) is 0 Å². The molecule has 0 spiro atoms. The summed E-state index contributed by atoms with van der Waals surface area (Å²) in [7, 11) is 1.36. The van der Waals surface area contributed by atoms with E-state index in [0.29, 0.717) is 0 Å². The van der Waals surface area contributed by atoms with Crippen LogP contribution in [0.1, 0.15) is 19.4 Å². The molecule has 0 saturated carbocycles. The maximum Gasteiger partial charge on any atom is 0.307 e. The van der Waals surface area contributed by atoms with Gasteiger partial charge in [0.05, 0.1) is 19.6 Å². The standard InChI is InChI=1S/C6H10N4O2/c1-5(3-6(11)12-2)10-4-7-8-9-10/h4-5H,3H2,1-2H3/t5-/m1/s1. The van der Waals surface area contributed by atoms with Gasteiger partial charge in [-0.05, 0) is 17.4 Å². The van der Waals surface area contributed by atoms with E-state index in [1.165, 1.54) is 18.1 Å². The summed E-state index contributed by atoms with van der Waals surface area (Å²) in [6.07, 6.45) is 1.75. The maximum atomic E-state index is 10.8. The van der Waals surface area contributed by atoms with Crippen molar-refractivity contribution in [3.63, 3.8) is 0 Å². The third kappa shape index (κ3) is 2.01. The lowest BCUT2D eigenvalue weighted by Crippen LogP contribution is -2.12. The third-order valence-electron chi connectivity index (χ3n) is 1.51. The molecule has 1 aromatic heterocycles. The van der Waals surface area contributed by atoms with Gasteiger partial charge >= 0.3 is 5.97 Å². The van der Waals surface area contributed by atoms with Crippen LogP contribution >= 0.6 is 0 Å². The quantitative estimate of drug-likeness (QED) is 0.587. The van der Waals surface area contributed by atoms with Crippen LogP contribution in [0.5, 0.6) is 0 Å². The molecule has 0 aromatic carbocycles. The van der Waals surface area contributed by atoms with Crippen LogP contribution in [0.4, 0.5) is 0 Å². The zero-order valence-electron chi connectivity index (χ0n) is 6.97. The molecular formula is C6H10N4O2. The van der Waals surface area contributed by atoms with Crippen molar-refractivity contribution in [3.8, 4) is 0 Å². The first-order chi connectivity index (χ1) is 5.74. The Kier molecular flexibility index (Phi) is 2.73. The Hall–Kier alpha value is -1.46. The molecule has 0 aliphatic heterocycles. The summed E-state index contributed by atoms with van der Waals surface area (Å²) in [5, 5.41) is 10.6. The molecule has 0 unspecified atom stereocenters. The Labute approximate surface area is 69.5 Å². The predicted octanol–water partition coefficient (Wildman–Crippen LogP) is -0.203. The molecule has 66 valence electrons. The van der Waals surface area contributed by atoms with Crippen LogP contribution in [0.3, 0.4) is 0 Å². The van der Waals surface area contributed by atoms with Crippen molar-refractivity contribution < 1.29 is 9.53 Å². The van der Waals surface area contributed by atoms with Crippen LogP contribution in [0, 0.1) is 0 Å². The highest BCUT2D eigenvalue weighted by Gasteiger charge is 2.11. The van der Waals surface area contributed by atoms with Crippen molar-refractivity contribution in [2.24, 2.45) is 0 Å². The van der Waals surface area contributed by atoms with Crippen LogP contribution in [0.25, 0.3) is 0 Å². The van der Waals surface area contributed by atoms with E-state index in [9.17, 15) is 4.79 Å². The average Bonchev–Trinajstić information content (AvgIpc) is 2.56. The first kappa shape index (κ1) is 8.63. The van der Waals surface area contributed by atoms with Gasteiger partial charge in [-0.15, -0.1) is 5.10 Å². The number of ether oxygens (including phenoxy) is 1. The molecule has 1 heterocycles. The molecule has 6 heteroatoms. The van der Waals surface area contributed by atoms with Crippen molar-refractivity contribution in [2.45, 2.75) is 19.4 Å². The van der Waals surface area contributed by atoms with Gasteiger partial charge < -0.3 is 4.74 Å². The van der Waals surface area contributed by atoms with Crippen molar-refractivity contribution >= 4 is 5.97 Å². The highest BCUT2D eigenvalue weighted by Crippen LogP contribution is 2.07. The number of esters is 1. The van der Waals surface area contributed by atoms with Gasteiger partial charge in [0, 0.05) is 0 Å². The Morgan fingerprint density at radius 3 is 3.00 bits per heavy atom. The number of nitrogens with zero attached hydrogens (tertiary/aromatic N) is 4. The summed E-state index contributed by atoms with van der Waals surface area (Å²) >= 11 is 0.